The van der Waals surface area contributed by atoms with Crippen LogP contribution >= 0.6 is 0 Å². The van der Waals surface area contributed by atoms with Gasteiger partial charge in [-0.1, -0.05) is 12.1 Å². The zero-order valence-electron chi connectivity index (χ0n) is 19.9. The number of halogens is 3. The van der Waals surface area contributed by atoms with Crippen molar-refractivity contribution in [3.05, 3.63) is 72.3 Å². The second kappa shape index (κ2) is 9.60. The number of carbonyl (C=O) groups excluding carboxylic acids is 2. The maximum Gasteiger partial charge on any atom is 0.416 e. The molecule has 5 rings (SSSR count). The van der Waals surface area contributed by atoms with Gasteiger partial charge in [-0.25, -0.2) is 9.31 Å². The molecule has 2 N–H and O–H groups in total. The van der Waals surface area contributed by atoms with Gasteiger partial charge in [0.05, 0.1) is 29.0 Å². The smallest absolute Gasteiger partial charge is 0.338 e. The van der Waals surface area contributed by atoms with Crippen LogP contribution in [0, 0.1) is 0 Å². The largest absolute Gasteiger partial charge is 0.416 e. The van der Waals surface area contributed by atoms with Gasteiger partial charge in [0, 0.05) is 55.4 Å². The number of rotatable bonds is 4. The molecule has 9 nitrogen and oxygen atoms in total. The van der Waals surface area contributed by atoms with Gasteiger partial charge in [0.1, 0.15) is 0 Å². The molecule has 12 heteroatoms. The van der Waals surface area contributed by atoms with E-state index in [1.807, 2.05) is 31.6 Å². The SMILES string of the molecule is Cn1cc(-c2ccc3c(C(=O)N4CCC(NC(=O)Nc5cccc(C(F)(F)F)c5)CC4)cnn3c2)cn1. The number of pyridine rings is 1. The first-order chi connectivity index (χ1) is 17.7. The zero-order valence-corrected chi connectivity index (χ0v) is 19.9. The van der Waals surface area contributed by atoms with Crippen molar-refractivity contribution in [3.63, 3.8) is 0 Å². The number of likely N-dealkylation sites (tertiary alicyclic amines) is 1. The molecule has 1 aromatic carbocycles. The van der Waals surface area contributed by atoms with Gasteiger partial charge in [-0.15, -0.1) is 0 Å². The monoisotopic (exact) mass is 511 g/mol. The van der Waals surface area contributed by atoms with Crippen LogP contribution in [0.3, 0.4) is 0 Å². The first-order valence-electron chi connectivity index (χ1n) is 11.7. The van der Waals surface area contributed by atoms with E-state index in [1.54, 1.807) is 26.5 Å². The number of nitrogens with one attached hydrogen (secondary N) is 2. The third-order valence-corrected chi connectivity index (χ3v) is 6.35. The van der Waals surface area contributed by atoms with E-state index in [1.165, 1.54) is 12.1 Å². The summed E-state index contributed by atoms with van der Waals surface area (Å²) in [5.74, 6) is -0.143. The van der Waals surface area contributed by atoms with E-state index in [-0.39, 0.29) is 17.6 Å². The number of alkyl halides is 3. The van der Waals surface area contributed by atoms with Gasteiger partial charge in [-0.3, -0.25) is 9.48 Å². The highest BCUT2D eigenvalue weighted by atomic mass is 19.4. The molecule has 0 spiro atoms. The Labute approximate surface area is 209 Å². The highest BCUT2D eigenvalue weighted by Gasteiger charge is 2.31. The van der Waals surface area contributed by atoms with E-state index in [9.17, 15) is 22.8 Å². The lowest BCUT2D eigenvalue weighted by Gasteiger charge is -2.32. The van der Waals surface area contributed by atoms with Crippen molar-refractivity contribution in [2.24, 2.45) is 7.05 Å². The highest BCUT2D eigenvalue weighted by Crippen LogP contribution is 2.30. The van der Waals surface area contributed by atoms with Gasteiger partial charge in [0.2, 0.25) is 0 Å². The van der Waals surface area contributed by atoms with Crippen LogP contribution in [0.5, 0.6) is 0 Å². The Kier molecular flexibility index (Phi) is 6.32. The van der Waals surface area contributed by atoms with E-state index >= 15 is 0 Å². The molecule has 4 aromatic rings. The fourth-order valence-electron chi connectivity index (χ4n) is 4.41. The van der Waals surface area contributed by atoms with Crippen molar-refractivity contribution in [2.45, 2.75) is 25.1 Å². The molecule has 1 fully saturated rings. The molecule has 37 heavy (non-hydrogen) atoms. The molecular formula is C25H24F3N7O2. The minimum absolute atomic E-state index is 0.0553. The second-order valence-electron chi connectivity index (χ2n) is 8.95. The topological polar surface area (TPSA) is 96.6 Å². The van der Waals surface area contributed by atoms with Gasteiger partial charge in [0.25, 0.3) is 5.91 Å². The van der Waals surface area contributed by atoms with Crippen LogP contribution in [0.1, 0.15) is 28.8 Å². The normalized spacial score (nSPS) is 14.6. The number of amides is 3. The first kappa shape index (κ1) is 24.3. The summed E-state index contributed by atoms with van der Waals surface area (Å²) in [5.41, 5.74) is 2.28. The number of hydrogen-bond donors (Lipinski definition) is 2. The molecule has 4 heterocycles. The van der Waals surface area contributed by atoms with Gasteiger partial charge in [-0.05, 0) is 37.1 Å². The fraction of sp³-hybridized carbons (Fsp3) is 0.280. The summed E-state index contributed by atoms with van der Waals surface area (Å²) in [7, 11) is 1.84. The molecular weight excluding hydrogens is 487 g/mol. The van der Waals surface area contributed by atoms with E-state index in [0.717, 1.165) is 23.3 Å². The summed E-state index contributed by atoms with van der Waals surface area (Å²) in [6.07, 6.45) is 3.61. The average Bonchev–Trinajstić information content (AvgIpc) is 3.49. The summed E-state index contributed by atoms with van der Waals surface area (Å²) in [6, 6.07) is 7.45. The van der Waals surface area contributed by atoms with Crippen molar-refractivity contribution in [3.8, 4) is 11.1 Å². The van der Waals surface area contributed by atoms with Gasteiger partial charge in [0.15, 0.2) is 0 Å². The van der Waals surface area contributed by atoms with E-state index in [4.69, 9.17) is 0 Å². The molecule has 1 aliphatic rings. The van der Waals surface area contributed by atoms with Gasteiger partial charge in [-0.2, -0.15) is 23.4 Å². The summed E-state index contributed by atoms with van der Waals surface area (Å²) in [6.45, 7) is 0.858. The van der Waals surface area contributed by atoms with Crippen LogP contribution < -0.4 is 10.6 Å². The van der Waals surface area contributed by atoms with E-state index in [2.05, 4.69) is 20.8 Å². The maximum absolute atomic E-state index is 13.2. The number of anilines is 1. The Hall–Kier alpha value is -4.35. The number of fused-ring (bicyclic) bond motifs is 1. The van der Waals surface area contributed by atoms with Crippen LogP contribution in [0.15, 0.2) is 61.2 Å². The standard InChI is InChI=1S/C25H24F3N7O2/c1-33-14-17(12-29-33)16-5-6-22-21(13-30-35(22)15-16)23(36)34-9-7-19(8-10-34)31-24(37)32-20-4-2-3-18(11-20)25(26,27)28/h2-6,11-15,19H,7-10H2,1H3,(H2,31,32,37). The Morgan fingerprint density at radius 2 is 1.78 bits per heavy atom. The number of aryl methyl sites for hydroxylation is 1. The minimum atomic E-state index is -4.49. The van der Waals surface area contributed by atoms with Crippen molar-refractivity contribution in [1.29, 1.82) is 0 Å². The quantitative estimate of drug-likeness (QED) is 0.430. The summed E-state index contributed by atoms with van der Waals surface area (Å²) in [4.78, 5) is 27.2. The predicted octanol–water partition coefficient (Wildman–Crippen LogP) is 4.18. The number of benzene rings is 1. The van der Waals surface area contributed by atoms with Crippen molar-refractivity contribution in [1.82, 2.24) is 29.6 Å². The van der Waals surface area contributed by atoms with Crippen LogP contribution in [-0.4, -0.2) is 55.4 Å². The molecule has 3 aromatic heterocycles. The predicted molar refractivity (Wildman–Crippen MR) is 130 cm³/mol. The van der Waals surface area contributed by atoms with Gasteiger partial charge < -0.3 is 15.5 Å². The maximum atomic E-state index is 13.2. The molecule has 192 valence electrons. The molecule has 1 saturated heterocycles. The van der Waals surface area contributed by atoms with E-state index < -0.39 is 17.8 Å². The molecule has 0 radical (unpaired) electrons. The average molecular weight is 512 g/mol. The molecule has 0 aliphatic carbocycles. The van der Waals surface area contributed by atoms with Crippen molar-refractivity contribution >= 4 is 23.1 Å². The van der Waals surface area contributed by atoms with Crippen LogP contribution in [0.2, 0.25) is 0 Å². The number of urea groups is 1. The van der Waals surface area contributed by atoms with Crippen LogP contribution in [0.4, 0.5) is 23.7 Å². The van der Waals surface area contributed by atoms with Gasteiger partial charge >= 0.3 is 12.2 Å². The number of hydrogen-bond acceptors (Lipinski definition) is 4. The molecule has 0 atom stereocenters. The molecule has 0 saturated carbocycles. The summed E-state index contributed by atoms with van der Waals surface area (Å²) < 4.78 is 42.0. The number of carbonyl (C=O) groups is 2. The minimum Gasteiger partial charge on any atom is -0.338 e. The number of nitrogens with zero attached hydrogens (tertiary/aromatic N) is 5. The third kappa shape index (κ3) is 5.27. The van der Waals surface area contributed by atoms with Crippen LogP contribution in [0.25, 0.3) is 16.6 Å². The van der Waals surface area contributed by atoms with Crippen molar-refractivity contribution in [2.75, 3.05) is 18.4 Å². The third-order valence-electron chi connectivity index (χ3n) is 6.35. The lowest BCUT2D eigenvalue weighted by Crippen LogP contribution is -2.47. The fourth-order valence-corrected chi connectivity index (χ4v) is 4.41. The molecule has 3 amide bonds. The Bertz CT molecular complexity index is 1450. The first-order valence-corrected chi connectivity index (χ1v) is 11.7. The summed E-state index contributed by atoms with van der Waals surface area (Å²) in [5, 5.41) is 13.8. The number of piperidine rings is 1. The highest BCUT2D eigenvalue weighted by molar-refractivity contribution is 6.00. The Morgan fingerprint density at radius 1 is 1.00 bits per heavy atom. The number of aromatic nitrogens is 4. The molecule has 1 aliphatic heterocycles. The Balaban J connectivity index is 1.17. The second-order valence-corrected chi connectivity index (χ2v) is 8.95. The Morgan fingerprint density at radius 3 is 2.49 bits per heavy atom. The zero-order chi connectivity index (χ0) is 26.2. The lowest BCUT2D eigenvalue weighted by molar-refractivity contribution is -0.137. The van der Waals surface area contributed by atoms with E-state index in [0.29, 0.717) is 37.0 Å². The molecule has 0 unspecified atom stereocenters. The van der Waals surface area contributed by atoms with Crippen LogP contribution in [-0.2, 0) is 13.2 Å². The van der Waals surface area contributed by atoms with Crippen molar-refractivity contribution < 1.29 is 22.8 Å². The summed E-state index contributed by atoms with van der Waals surface area (Å²) >= 11 is 0. The lowest BCUT2D eigenvalue weighted by atomic mass is 10.0. The molecule has 0 bridgehead atoms.